The van der Waals surface area contributed by atoms with Crippen LogP contribution in [0.15, 0.2) is 23.1 Å². The minimum atomic E-state index is -3.77. The van der Waals surface area contributed by atoms with Gasteiger partial charge >= 0.3 is 11.8 Å². The van der Waals surface area contributed by atoms with Crippen molar-refractivity contribution in [3.05, 3.63) is 29.6 Å². The molecular formula is C20H30FN3O4S. The Hall–Kier alpha value is -2.00. The van der Waals surface area contributed by atoms with E-state index in [4.69, 9.17) is 0 Å². The van der Waals surface area contributed by atoms with Gasteiger partial charge in [0.15, 0.2) is 0 Å². The molecule has 0 bridgehead atoms. The molecule has 29 heavy (non-hydrogen) atoms. The molecule has 1 aliphatic rings. The second-order valence-electron chi connectivity index (χ2n) is 7.82. The molecule has 1 heterocycles. The van der Waals surface area contributed by atoms with Gasteiger partial charge in [-0.25, -0.2) is 12.8 Å². The summed E-state index contributed by atoms with van der Waals surface area (Å²) in [6.07, 6.45) is 2.72. The Morgan fingerprint density at radius 3 is 2.55 bits per heavy atom. The minimum absolute atomic E-state index is 0.0999. The predicted octanol–water partition coefficient (Wildman–Crippen LogP) is 1.96. The van der Waals surface area contributed by atoms with Gasteiger partial charge in [-0.1, -0.05) is 20.3 Å². The summed E-state index contributed by atoms with van der Waals surface area (Å²) in [6.45, 7) is 6.43. The molecule has 1 saturated heterocycles. The lowest BCUT2D eigenvalue weighted by Gasteiger charge is -2.35. The highest BCUT2D eigenvalue weighted by molar-refractivity contribution is 7.89. The molecule has 0 aromatic heterocycles. The zero-order valence-electron chi connectivity index (χ0n) is 17.2. The number of carbonyl (C=O) groups is 2. The summed E-state index contributed by atoms with van der Waals surface area (Å²) >= 11 is 0. The third-order valence-electron chi connectivity index (χ3n) is 4.94. The lowest BCUT2D eigenvalue weighted by Crippen LogP contribution is -2.46. The van der Waals surface area contributed by atoms with Gasteiger partial charge in [-0.05, 0) is 55.9 Å². The van der Waals surface area contributed by atoms with Gasteiger partial charge in [0.2, 0.25) is 10.0 Å². The number of aryl methyl sites for hydroxylation is 1. The minimum Gasteiger partial charge on any atom is -0.348 e. The molecule has 2 N–H and O–H groups in total. The van der Waals surface area contributed by atoms with Crippen LogP contribution in [0.4, 0.5) is 4.39 Å². The van der Waals surface area contributed by atoms with Crippen molar-refractivity contribution in [1.29, 1.82) is 0 Å². The van der Waals surface area contributed by atoms with Crippen molar-refractivity contribution >= 4 is 21.8 Å². The number of piperidine rings is 1. The Balaban J connectivity index is 2.00. The van der Waals surface area contributed by atoms with Crippen molar-refractivity contribution in [2.45, 2.75) is 57.4 Å². The zero-order chi connectivity index (χ0) is 21.6. The van der Waals surface area contributed by atoms with E-state index in [0.717, 1.165) is 18.9 Å². The molecule has 1 atom stereocenters. The van der Waals surface area contributed by atoms with Crippen LogP contribution >= 0.6 is 0 Å². The zero-order valence-corrected chi connectivity index (χ0v) is 18.0. The lowest BCUT2D eigenvalue weighted by molar-refractivity contribution is -0.139. The lowest BCUT2D eigenvalue weighted by atomic mass is 10.0. The van der Waals surface area contributed by atoms with Crippen molar-refractivity contribution in [1.82, 2.24) is 14.9 Å². The van der Waals surface area contributed by atoms with Crippen LogP contribution in [0, 0.1) is 18.7 Å². The van der Waals surface area contributed by atoms with E-state index in [-0.39, 0.29) is 23.4 Å². The van der Waals surface area contributed by atoms with E-state index in [1.54, 1.807) is 6.92 Å². The van der Waals surface area contributed by atoms with Crippen molar-refractivity contribution in [3.8, 4) is 0 Å². The quantitative estimate of drug-likeness (QED) is 0.650. The fourth-order valence-corrected chi connectivity index (χ4v) is 5.35. The summed E-state index contributed by atoms with van der Waals surface area (Å²) in [5.74, 6) is -1.64. The third-order valence-corrected chi connectivity index (χ3v) is 7.05. The topological polar surface area (TPSA) is 95.6 Å². The van der Waals surface area contributed by atoms with E-state index in [2.05, 4.69) is 10.6 Å². The SMILES string of the molecule is Cc1cc(F)ccc1S(=O)(=O)N1CCCCC1CCNC(=O)C(=O)NCC(C)C. The van der Waals surface area contributed by atoms with Gasteiger partial charge in [-0.3, -0.25) is 9.59 Å². The van der Waals surface area contributed by atoms with Crippen LogP contribution in [-0.2, 0) is 19.6 Å². The molecule has 1 fully saturated rings. The largest absolute Gasteiger partial charge is 0.348 e. The van der Waals surface area contributed by atoms with Gasteiger partial charge in [0.1, 0.15) is 5.82 Å². The van der Waals surface area contributed by atoms with E-state index < -0.39 is 27.7 Å². The van der Waals surface area contributed by atoms with Crippen molar-refractivity contribution in [2.75, 3.05) is 19.6 Å². The van der Waals surface area contributed by atoms with E-state index >= 15 is 0 Å². The first-order valence-electron chi connectivity index (χ1n) is 9.97. The monoisotopic (exact) mass is 427 g/mol. The summed E-state index contributed by atoms with van der Waals surface area (Å²) in [5, 5.41) is 5.11. The first kappa shape index (κ1) is 23.3. The molecule has 1 unspecified atom stereocenters. The van der Waals surface area contributed by atoms with Crippen molar-refractivity contribution in [2.24, 2.45) is 5.92 Å². The Morgan fingerprint density at radius 1 is 1.21 bits per heavy atom. The predicted molar refractivity (Wildman–Crippen MR) is 108 cm³/mol. The molecule has 1 aliphatic heterocycles. The van der Waals surface area contributed by atoms with Gasteiger partial charge in [0.25, 0.3) is 0 Å². The van der Waals surface area contributed by atoms with Crippen LogP contribution in [0.5, 0.6) is 0 Å². The first-order chi connectivity index (χ1) is 13.6. The number of carbonyl (C=O) groups excluding carboxylic acids is 2. The molecule has 0 spiro atoms. The molecule has 9 heteroatoms. The molecule has 2 amide bonds. The maximum Gasteiger partial charge on any atom is 0.309 e. The third kappa shape index (κ3) is 6.24. The average molecular weight is 428 g/mol. The summed E-state index contributed by atoms with van der Waals surface area (Å²) in [4.78, 5) is 23.7. The molecule has 1 aromatic carbocycles. The molecule has 2 rings (SSSR count). The van der Waals surface area contributed by atoms with Crippen LogP contribution in [0.2, 0.25) is 0 Å². The number of nitrogens with zero attached hydrogens (tertiary/aromatic N) is 1. The number of amides is 2. The van der Waals surface area contributed by atoms with E-state index in [1.165, 1.54) is 16.4 Å². The number of nitrogens with one attached hydrogen (secondary N) is 2. The fourth-order valence-electron chi connectivity index (χ4n) is 3.42. The standard InChI is InChI=1S/C20H30FN3O4S/c1-14(2)13-23-20(26)19(25)22-10-9-17-6-4-5-11-24(17)29(27,28)18-8-7-16(21)12-15(18)3/h7-8,12,14,17H,4-6,9-11,13H2,1-3H3,(H,22,25)(H,23,26). The highest BCUT2D eigenvalue weighted by atomic mass is 32.2. The van der Waals surface area contributed by atoms with Gasteiger partial charge < -0.3 is 10.6 Å². The molecule has 0 saturated carbocycles. The van der Waals surface area contributed by atoms with E-state index in [9.17, 15) is 22.4 Å². The smallest absolute Gasteiger partial charge is 0.309 e. The van der Waals surface area contributed by atoms with Crippen molar-refractivity contribution in [3.63, 3.8) is 0 Å². The Labute approximate surface area is 172 Å². The summed E-state index contributed by atoms with van der Waals surface area (Å²) in [6, 6.07) is 3.38. The molecule has 7 nitrogen and oxygen atoms in total. The van der Waals surface area contributed by atoms with Crippen LogP contribution in [0.1, 0.15) is 45.1 Å². The van der Waals surface area contributed by atoms with E-state index in [1.807, 2.05) is 13.8 Å². The fraction of sp³-hybridized carbons (Fsp3) is 0.600. The Morgan fingerprint density at radius 2 is 1.90 bits per heavy atom. The summed E-state index contributed by atoms with van der Waals surface area (Å²) in [5.41, 5.74) is 0.365. The second kappa shape index (κ2) is 10.2. The van der Waals surface area contributed by atoms with Crippen LogP contribution in [0.3, 0.4) is 0 Å². The van der Waals surface area contributed by atoms with Gasteiger partial charge in [0.05, 0.1) is 4.90 Å². The first-order valence-corrected chi connectivity index (χ1v) is 11.4. The molecule has 162 valence electrons. The van der Waals surface area contributed by atoms with E-state index in [0.29, 0.717) is 31.5 Å². The van der Waals surface area contributed by atoms with Gasteiger partial charge in [-0.15, -0.1) is 0 Å². The number of sulfonamides is 1. The van der Waals surface area contributed by atoms with Crippen LogP contribution < -0.4 is 10.6 Å². The van der Waals surface area contributed by atoms with Crippen molar-refractivity contribution < 1.29 is 22.4 Å². The molecule has 0 radical (unpaired) electrons. The number of halogens is 1. The maximum absolute atomic E-state index is 13.4. The van der Waals surface area contributed by atoms with Crippen LogP contribution in [0.25, 0.3) is 0 Å². The van der Waals surface area contributed by atoms with Gasteiger partial charge in [0, 0.05) is 25.7 Å². The maximum atomic E-state index is 13.4. The second-order valence-corrected chi connectivity index (χ2v) is 9.68. The normalized spacial score (nSPS) is 17.9. The average Bonchev–Trinajstić information content (AvgIpc) is 2.65. The molecule has 1 aromatic rings. The van der Waals surface area contributed by atoms with Crippen LogP contribution in [-0.4, -0.2) is 50.2 Å². The Bertz CT molecular complexity index is 842. The Kier molecular flexibility index (Phi) is 8.15. The highest BCUT2D eigenvalue weighted by Gasteiger charge is 2.34. The number of hydrogen-bond donors (Lipinski definition) is 2. The molecule has 0 aliphatic carbocycles. The summed E-state index contributed by atoms with van der Waals surface area (Å²) in [7, 11) is -3.77. The number of benzene rings is 1. The molecular weight excluding hydrogens is 397 g/mol. The highest BCUT2D eigenvalue weighted by Crippen LogP contribution is 2.28. The number of rotatable bonds is 7. The van der Waals surface area contributed by atoms with Gasteiger partial charge in [-0.2, -0.15) is 4.31 Å². The number of hydrogen-bond acceptors (Lipinski definition) is 4. The summed E-state index contributed by atoms with van der Waals surface area (Å²) < 4.78 is 41.1.